The Balaban J connectivity index is 2.08. The van der Waals surface area contributed by atoms with Crippen LogP contribution in [0, 0.1) is 0 Å². The van der Waals surface area contributed by atoms with Crippen LogP contribution in [0.2, 0.25) is 0 Å². The highest BCUT2D eigenvalue weighted by Gasteiger charge is 2.16. The van der Waals surface area contributed by atoms with Crippen LogP contribution in [0.15, 0.2) is 53.9 Å². The molecule has 0 radical (unpaired) electrons. The van der Waals surface area contributed by atoms with E-state index in [1.807, 2.05) is 28.8 Å². The van der Waals surface area contributed by atoms with E-state index in [0.717, 1.165) is 17.7 Å². The van der Waals surface area contributed by atoms with Crippen LogP contribution in [0.25, 0.3) is 17.1 Å². The number of nitrogens with two attached hydrogens (primary N) is 1. The first-order valence-corrected chi connectivity index (χ1v) is 8.54. The number of aryl methyl sites for hydroxylation is 1. The molecule has 1 amide bonds. The molecule has 0 atom stereocenters. The topological polar surface area (TPSA) is 86.7 Å². The Hall–Kier alpha value is -2.67. The van der Waals surface area contributed by atoms with Crippen LogP contribution in [0.1, 0.15) is 12.5 Å². The maximum Gasteiger partial charge on any atom is 0.227 e. The molecule has 0 bridgehead atoms. The molecule has 0 aliphatic rings. The normalized spacial score (nSPS) is 10.7. The number of amides is 1. The summed E-state index contributed by atoms with van der Waals surface area (Å²) in [6, 6.07) is 12.0. The second-order valence-corrected chi connectivity index (χ2v) is 6.10. The highest BCUT2D eigenvalue weighted by atomic mass is 32.2. The van der Waals surface area contributed by atoms with Gasteiger partial charge in [-0.2, -0.15) is 0 Å². The lowest BCUT2D eigenvalue weighted by Gasteiger charge is -2.10. The van der Waals surface area contributed by atoms with E-state index in [9.17, 15) is 4.79 Å². The monoisotopic (exact) mass is 339 g/mol. The zero-order valence-corrected chi connectivity index (χ0v) is 14.0. The molecule has 0 saturated heterocycles. The van der Waals surface area contributed by atoms with Crippen molar-refractivity contribution in [3.63, 3.8) is 0 Å². The molecule has 2 N–H and O–H groups in total. The number of aromatic nitrogens is 4. The summed E-state index contributed by atoms with van der Waals surface area (Å²) >= 11 is 1.27. The third-order valence-electron chi connectivity index (χ3n) is 3.50. The molecule has 122 valence electrons. The Morgan fingerprint density at radius 2 is 2.00 bits per heavy atom. The summed E-state index contributed by atoms with van der Waals surface area (Å²) < 4.78 is 1.92. The van der Waals surface area contributed by atoms with Gasteiger partial charge in [0.05, 0.1) is 5.75 Å². The Labute approximate surface area is 144 Å². The number of nitrogens with zero attached hydrogens (tertiary/aromatic N) is 4. The van der Waals surface area contributed by atoms with Gasteiger partial charge in [0.1, 0.15) is 0 Å². The van der Waals surface area contributed by atoms with Crippen LogP contribution >= 0.6 is 11.8 Å². The molecule has 2 heterocycles. The summed E-state index contributed by atoms with van der Waals surface area (Å²) in [5.41, 5.74) is 8.30. The molecule has 0 spiro atoms. The number of primary amides is 1. The van der Waals surface area contributed by atoms with E-state index >= 15 is 0 Å². The third-order valence-corrected chi connectivity index (χ3v) is 4.45. The van der Waals surface area contributed by atoms with Gasteiger partial charge in [0.15, 0.2) is 11.0 Å². The smallest absolute Gasteiger partial charge is 0.227 e. The molecule has 3 aromatic rings. The first-order valence-electron chi connectivity index (χ1n) is 7.55. The van der Waals surface area contributed by atoms with Gasteiger partial charge in [-0.1, -0.05) is 30.8 Å². The van der Waals surface area contributed by atoms with E-state index in [4.69, 9.17) is 5.73 Å². The van der Waals surface area contributed by atoms with Gasteiger partial charge in [0.2, 0.25) is 5.91 Å². The number of pyridine rings is 1. The van der Waals surface area contributed by atoms with Crippen molar-refractivity contribution in [3.8, 4) is 17.1 Å². The van der Waals surface area contributed by atoms with Crippen molar-refractivity contribution in [3.05, 3.63) is 54.4 Å². The molecule has 1 aromatic carbocycles. The number of carbonyl (C=O) groups excluding carboxylic acids is 1. The molecular weight excluding hydrogens is 322 g/mol. The lowest BCUT2D eigenvalue weighted by Crippen LogP contribution is -2.13. The minimum absolute atomic E-state index is 0.151. The van der Waals surface area contributed by atoms with E-state index < -0.39 is 0 Å². The van der Waals surface area contributed by atoms with Gasteiger partial charge in [-0.25, -0.2) is 0 Å². The van der Waals surface area contributed by atoms with Gasteiger partial charge >= 0.3 is 0 Å². The first-order chi connectivity index (χ1) is 11.7. The Bertz CT molecular complexity index is 830. The van der Waals surface area contributed by atoms with Crippen molar-refractivity contribution in [1.82, 2.24) is 19.7 Å². The molecule has 0 aliphatic carbocycles. The lowest BCUT2D eigenvalue weighted by molar-refractivity contribution is -0.115. The molecule has 6 nitrogen and oxygen atoms in total. The van der Waals surface area contributed by atoms with Crippen LogP contribution in [0.3, 0.4) is 0 Å². The Morgan fingerprint density at radius 1 is 1.21 bits per heavy atom. The number of rotatable bonds is 6. The first kappa shape index (κ1) is 16.2. The predicted molar refractivity (Wildman–Crippen MR) is 93.9 cm³/mol. The summed E-state index contributed by atoms with van der Waals surface area (Å²) in [5.74, 6) is 0.441. The van der Waals surface area contributed by atoms with Crippen molar-refractivity contribution in [1.29, 1.82) is 0 Å². The van der Waals surface area contributed by atoms with Crippen LogP contribution < -0.4 is 5.73 Å². The van der Waals surface area contributed by atoms with Gasteiger partial charge in [-0.05, 0) is 36.2 Å². The lowest BCUT2D eigenvalue weighted by atomic mass is 10.1. The quantitative estimate of drug-likeness (QED) is 0.697. The highest BCUT2D eigenvalue weighted by Crippen LogP contribution is 2.27. The maximum absolute atomic E-state index is 11.1. The molecule has 3 rings (SSSR count). The van der Waals surface area contributed by atoms with Crippen molar-refractivity contribution < 1.29 is 4.79 Å². The number of hydrogen-bond acceptors (Lipinski definition) is 5. The highest BCUT2D eigenvalue weighted by molar-refractivity contribution is 7.99. The van der Waals surface area contributed by atoms with Crippen molar-refractivity contribution in [2.24, 2.45) is 5.73 Å². The zero-order chi connectivity index (χ0) is 16.9. The number of benzene rings is 1. The standard InChI is InChI=1S/C17H17N5OS/c1-2-12-5-7-14(8-6-12)22-16(13-4-3-9-19-10-13)20-21-17(22)24-11-15(18)23/h3-10H,2,11H2,1H3,(H2,18,23). The van der Waals surface area contributed by atoms with E-state index in [2.05, 4.69) is 34.2 Å². The van der Waals surface area contributed by atoms with Crippen LogP contribution in [0.5, 0.6) is 0 Å². The molecule has 2 aromatic heterocycles. The molecule has 0 aliphatic heterocycles. The average Bonchev–Trinajstić information content (AvgIpc) is 3.04. The van der Waals surface area contributed by atoms with Crippen molar-refractivity contribution >= 4 is 17.7 Å². The maximum atomic E-state index is 11.1. The second-order valence-electron chi connectivity index (χ2n) is 5.16. The largest absolute Gasteiger partial charge is 0.369 e. The van der Waals surface area contributed by atoms with E-state index in [1.165, 1.54) is 17.3 Å². The van der Waals surface area contributed by atoms with Gasteiger partial charge in [0.25, 0.3) is 0 Å². The minimum Gasteiger partial charge on any atom is -0.369 e. The predicted octanol–water partition coefficient (Wildman–Crippen LogP) is 2.47. The number of hydrogen-bond donors (Lipinski definition) is 1. The van der Waals surface area contributed by atoms with Crippen molar-refractivity contribution in [2.75, 3.05) is 5.75 Å². The van der Waals surface area contributed by atoms with Gasteiger partial charge in [-0.3, -0.25) is 14.3 Å². The van der Waals surface area contributed by atoms with Gasteiger partial charge in [-0.15, -0.1) is 10.2 Å². The summed E-state index contributed by atoms with van der Waals surface area (Å²) in [5, 5.41) is 9.13. The van der Waals surface area contributed by atoms with Crippen molar-refractivity contribution in [2.45, 2.75) is 18.5 Å². The van der Waals surface area contributed by atoms with E-state index in [1.54, 1.807) is 12.4 Å². The minimum atomic E-state index is -0.390. The molecule has 0 fully saturated rings. The summed E-state index contributed by atoms with van der Waals surface area (Å²) in [7, 11) is 0. The number of carbonyl (C=O) groups is 1. The molecule has 0 unspecified atom stereocenters. The molecule has 7 heteroatoms. The second kappa shape index (κ2) is 7.27. The van der Waals surface area contributed by atoms with Crippen LogP contribution in [-0.4, -0.2) is 31.4 Å². The van der Waals surface area contributed by atoms with E-state index in [-0.39, 0.29) is 11.7 Å². The number of thioether (sulfide) groups is 1. The SMILES string of the molecule is CCc1ccc(-n2c(SCC(N)=O)nnc2-c2cccnc2)cc1. The summed E-state index contributed by atoms with van der Waals surface area (Å²) in [6.45, 7) is 2.11. The third kappa shape index (κ3) is 3.46. The fourth-order valence-electron chi connectivity index (χ4n) is 2.29. The fraction of sp³-hybridized carbons (Fsp3) is 0.176. The van der Waals surface area contributed by atoms with E-state index in [0.29, 0.717) is 11.0 Å². The summed E-state index contributed by atoms with van der Waals surface area (Å²) in [6.07, 6.45) is 4.42. The van der Waals surface area contributed by atoms with Crippen LogP contribution in [-0.2, 0) is 11.2 Å². The fourth-order valence-corrected chi connectivity index (χ4v) is 2.99. The summed E-state index contributed by atoms with van der Waals surface area (Å²) in [4.78, 5) is 15.3. The van der Waals surface area contributed by atoms with Crippen LogP contribution in [0.4, 0.5) is 0 Å². The zero-order valence-electron chi connectivity index (χ0n) is 13.2. The molecule has 0 saturated carbocycles. The molecule has 24 heavy (non-hydrogen) atoms. The van der Waals surface area contributed by atoms with Gasteiger partial charge in [0, 0.05) is 23.6 Å². The average molecular weight is 339 g/mol. The molecular formula is C17H17N5OS. The van der Waals surface area contributed by atoms with Gasteiger partial charge < -0.3 is 5.73 Å². The Morgan fingerprint density at radius 3 is 2.62 bits per heavy atom. The Kier molecular flexibility index (Phi) is 4.90.